The van der Waals surface area contributed by atoms with Crippen molar-refractivity contribution in [3.05, 3.63) is 53.5 Å². The molecule has 23 heavy (non-hydrogen) atoms. The highest BCUT2D eigenvalue weighted by Crippen LogP contribution is 2.45. The molecule has 0 bridgehead atoms. The smallest absolute Gasteiger partial charge is 0.337 e. The molecule has 2 atom stereocenters. The molecule has 0 saturated heterocycles. The van der Waals surface area contributed by atoms with Crippen LogP contribution in [0.25, 0.3) is 0 Å². The van der Waals surface area contributed by atoms with Crippen LogP contribution in [0.1, 0.15) is 41.3 Å². The Morgan fingerprint density at radius 3 is 2.65 bits per heavy atom. The molecular formula is C17H17N3O3. The molecule has 0 radical (unpaired) electrons. The number of ether oxygens (including phenoxy) is 1. The molecular weight excluding hydrogens is 294 g/mol. The van der Waals surface area contributed by atoms with Gasteiger partial charge in [-0.2, -0.15) is 0 Å². The number of esters is 1. The van der Waals surface area contributed by atoms with Crippen LogP contribution < -0.4 is 5.32 Å². The van der Waals surface area contributed by atoms with Gasteiger partial charge in [-0.25, -0.2) is 14.8 Å². The molecule has 1 aliphatic rings. The summed E-state index contributed by atoms with van der Waals surface area (Å²) in [6, 6.07) is 7.10. The van der Waals surface area contributed by atoms with Crippen LogP contribution in [-0.4, -0.2) is 29.0 Å². The summed E-state index contributed by atoms with van der Waals surface area (Å²) in [5.41, 5.74) is 1.46. The molecule has 3 rings (SSSR count). The minimum Gasteiger partial charge on any atom is -0.465 e. The van der Waals surface area contributed by atoms with Crippen LogP contribution in [0.2, 0.25) is 0 Å². The highest BCUT2D eigenvalue weighted by molar-refractivity contribution is 6.05. The van der Waals surface area contributed by atoms with Crippen molar-refractivity contribution in [3.63, 3.8) is 0 Å². The standard InChI is InChI=1S/C17H17N3O3/c1-10(11-4-6-12(7-5-11)15(21)23-3)17(2)13-8-18-9-19-14(13)20-16(17)22/h4-10H,1-3H3,(H,18,19,20,22)/t10?,17-/m1/s1. The molecule has 0 spiro atoms. The number of carbonyl (C=O) groups excluding carboxylic acids is 2. The number of amides is 1. The lowest BCUT2D eigenvalue weighted by molar-refractivity contribution is -0.120. The third-order valence-electron chi connectivity index (χ3n) is 4.67. The fourth-order valence-corrected chi connectivity index (χ4v) is 2.96. The summed E-state index contributed by atoms with van der Waals surface area (Å²) in [7, 11) is 1.35. The van der Waals surface area contributed by atoms with Crippen molar-refractivity contribution in [1.82, 2.24) is 9.97 Å². The van der Waals surface area contributed by atoms with E-state index in [0.717, 1.165) is 11.1 Å². The summed E-state index contributed by atoms with van der Waals surface area (Å²) in [4.78, 5) is 32.2. The van der Waals surface area contributed by atoms with Crippen LogP contribution in [0.3, 0.4) is 0 Å². The minimum atomic E-state index is -0.761. The van der Waals surface area contributed by atoms with Gasteiger partial charge in [0, 0.05) is 11.8 Å². The average molecular weight is 311 g/mol. The maximum Gasteiger partial charge on any atom is 0.337 e. The lowest BCUT2D eigenvalue weighted by atomic mass is 9.71. The Balaban J connectivity index is 1.98. The zero-order valence-corrected chi connectivity index (χ0v) is 13.2. The summed E-state index contributed by atoms with van der Waals surface area (Å²) >= 11 is 0. The molecule has 6 heteroatoms. The fourth-order valence-electron chi connectivity index (χ4n) is 2.96. The molecule has 1 amide bonds. The number of benzene rings is 1. The topological polar surface area (TPSA) is 81.2 Å². The van der Waals surface area contributed by atoms with E-state index in [2.05, 4.69) is 15.3 Å². The van der Waals surface area contributed by atoms with E-state index in [1.807, 2.05) is 26.0 Å². The van der Waals surface area contributed by atoms with Crippen LogP contribution in [0.5, 0.6) is 0 Å². The van der Waals surface area contributed by atoms with Gasteiger partial charge in [-0.05, 0) is 30.5 Å². The van der Waals surface area contributed by atoms with Gasteiger partial charge >= 0.3 is 5.97 Å². The molecule has 1 N–H and O–H groups in total. The molecule has 0 fully saturated rings. The lowest BCUT2D eigenvalue weighted by Gasteiger charge is -2.29. The molecule has 0 saturated carbocycles. The number of carbonyl (C=O) groups is 2. The molecule has 6 nitrogen and oxygen atoms in total. The average Bonchev–Trinajstić information content (AvgIpc) is 2.86. The number of anilines is 1. The van der Waals surface area contributed by atoms with Gasteiger partial charge in [0.05, 0.1) is 18.1 Å². The van der Waals surface area contributed by atoms with Crippen molar-refractivity contribution in [2.45, 2.75) is 25.2 Å². The summed E-state index contributed by atoms with van der Waals surface area (Å²) in [6.07, 6.45) is 3.10. The van der Waals surface area contributed by atoms with Crippen LogP contribution in [0, 0.1) is 0 Å². The molecule has 2 aromatic rings. The number of hydrogen-bond acceptors (Lipinski definition) is 5. The number of aromatic nitrogens is 2. The Morgan fingerprint density at radius 2 is 2.00 bits per heavy atom. The van der Waals surface area contributed by atoms with E-state index in [1.54, 1.807) is 18.3 Å². The van der Waals surface area contributed by atoms with Crippen LogP contribution in [-0.2, 0) is 14.9 Å². The van der Waals surface area contributed by atoms with E-state index in [0.29, 0.717) is 11.4 Å². The van der Waals surface area contributed by atoms with E-state index in [4.69, 9.17) is 4.74 Å². The second-order valence-corrected chi connectivity index (χ2v) is 5.78. The number of nitrogens with zero attached hydrogens (tertiary/aromatic N) is 2. The first-order valence-electron chi connectivity index (χ1n) is 7.28. The van der Waals surface area contributed by atoms with Crippen molar-refractivity contribution < 1.29 is 14.3 Å². The molecule has 2 heterocycles. The van der Waals surface area contributed by atoms with E-state index in [9.17, 15) is 9.59 Å². The normalized spacial score (nSPS) is 20.6. The molecule has 1 unspecified atom stereocenters. The first-order chi connectivity index (χ1) is 11.0. The Labute approximate surface area is 133 Å². The SMILES string of the molecule is COC(=O)c1ccc(C(C)[C@@]2(C)C(=O)Nc3ncncc32)cc1. The molecule has 0 aliphatic carbocycles. The Bertz CT molecular complexity index is 773. The number of hydrogen-bond donors (Lipinski definition) is 1. The molecule has 1 aliphatic heterocycles. The molecule has 1 aromatic heterocycles. The highest BCUT2D eigenvalue weighted by Gasteiger charge is 2.48. The van der Waals surface area contributed by atoms with Gasteiger partial charge in [0.1, 0.15) is 12.1 Å². The Hall–Kier alpha value is -2.76. The second-order valence-electron chi connectivity index (χ2n) is 5.78. The predicted octanol–water partition coefficient (Wildman–Crippen LogP) is 2.28. The van der Waals surface area contributed by atoms with Crippen molar-refractivity contribution in [2.75, 3.05) is 12.4 Å². The molecule has 118 valence electrons. The summed E-state index contributed by atoms with van der Waals surface area (Å²) in [5.74, 6) is -0.0303. The lowest BCUT2D eigenvalue weighted by Crippen LogP contribution is -2.36. The fraction of sp³-hybridized carbons (Fsp3) is 0.294. The third kappa shape index (κ3) is 2.27. The first kappa shape index (κ1) is 15.1. The molecule has 1 aromatic carbocycles. The summed E-state index contributed by atoms with van der Waals surface area (Å²) < 4.78 is 4.70. The van der Waals surface area contributed by atoms with E-state index in [1.165, 1.54) is 13.4 Å². The van der Waals surface area contributed by atoms with E-state index >= 15 is 0 Å². The highest BCUT2D eigenvalue weighted by atomic mass is 16.5. The number of rotatable bonds is 3. The van der Waals surface area contributed by atoms with Gasteiger partial charge < -0.3 is 10.1 Å². The van der Waals surface area contributed by atoms with E-state index in [-0.39, 0.29) is 17.8 Å². The number of fused-ring (bicyclic) bond motifs is 1. The third-order valence-corrected chi connectivity index (χ3v) is 4.67. The summed E-state index contributed by atoms with van der Waals surface area (Å²) in [5, 5.41) is 2.81. The van der Waals surface area contributed by atoms with E-state index < -0.39 is 5.41 Å². The van der Waals surface area contributed by atoms with Crippen LogP contribution in [0.4, 0.5) is 5.82 Å². The Morgan fingerprint density at radius 1 is 1.30 bits per heavy atom. The number of nitrogens with one attached hydrogen (secondary N) is 1. The quantitative estimate of drug-likeness (QED) is 0.879. The first-order valence-corrected chi connectivity index (χ1v) is 7.28. The summed E-state index contributed by atoms with van der Waals surface area (Å²) in [6.45, 7) is 3.87. The van der Waals surface area contributed by atoms with Gasteiger partial charge in [0.15, 0.2) is 0 Å². The zero-order chi connectivity index (χ0) is 16.6. The van der Waals surface area contributed by atoms with Crippen molar-refractivity contribution in [1.29, 1.82) is 0 Å². The van der Waals surface area contributed by atoms with Crippen molar-refractivity contribution in [2.24, 2.45) is 0 Å². The maximum atomic E-state index is 12.5. The van der Waals surface area contributed by atoms with Gasteiger partial charge in [-0.3, -0.25) is 4.79 Å². The zero-order valence-electron chi connectivity index (χ0n) is 13.2. The van der Waals surface area contributed by atoms with Gasteiger partial charge in [0.2, 0.25) is 5.91 Å². The monoisotopic (exact) mass is 311 g/mol. The minimum absolute atomic E-state index is 0.0995. The largest absolute Gasteiger partial charge is 0.465 e. The van der Waals surface area contributed by atoms with Crippen LogP contribution in [0.15, 0.2) is 36.8 Å². The van der Waals surface area contributed by atoms with Crippen LogP contribution >= 0.6 is 0 Å². The van der Waals surface area contributed by atoms with Crippen molar-refractivity contribution in [3.8, 4) is 0 Å². The van der Waals surface area contributed by atoms with Gasteiger partial charge in [-0.15, -0.1) is 0 Å². The van der Waals surface area contributed by atoms with Crippen molar-refractivity contribution >= 4 is 17.7 Å². The Kier molecular flexibility index (Phi) is 3.60. The predicted molar refractivity (Wildman–Crippen MR) is 84.2 cm³/mol. The number of methoxy groups -OCH3 is 1. The van der Waals surface area contributed by atoms with Gasteiger partial charge in [0.25, 0.3) is 0 Å². The second kappa shape index (κ2) is 5.46. The maximum absolute atomic E-state index is 12.5. The van der Waals surface area contributed by atoms with Gasteiger partial charge in [-0.1, -0.05) is 19.1 Å².